The molecule has 0 aromatic carbocycles. The zero-order chi connectivity index (χ0) is 8.81. The number of aliphatic hydroxyl groups is 2. The lowest BCUT2D eigenvalue weighted by molar-refractivity contribution is 0.237. The van der Waals surface area contributed by atoms with Crippen LogP contribution in [0.15, 0.2) is 24.5 Å². The maximum atomic E-state index is 9.33. The van der Waals surface area contributed by atoms with Crippen LogP contribution in [0.2, 0.25) is 0 Å². The molecule has 1 rings (SSSR count). The van der Waals surface area contributed by atoms with Gasteiger partial charge in [-0.15, -0.1) is 0 Å². The van der Waals surface area contributed by atoms with E-state index >= 15 is 0 Å². The van der Waals surface area contributed by atoms with E-state index in [2.05, 4.69) is 16.8 Å². The van der Waals surface area contributed by atoms with Crippen molar-refractivity contribution in [3.8, 4) is 11.8 Å². The van der Waals surface area contributed by atoms with Gasteiger partial charge in [0.15, 0.2) is 0 Å². The Labute approximate surface area is 70.7 Å². The van der Waals surface area contributed by atoms with Gasteiger partial charge in [-0.3, -0.25) is 4.98 Å². The average Bonchev–Trinajstić information content (AvgIpc) is 2.15. The minimum absolute atomic E-state index is 0.239. The van der Waals surface area contributed by atoms with Crippen molar-refractivity contribution >= 4 is 0 Å². The molecule has 1 atom stereocenters. The second-order valence-corrected chi connectivity index (χ2v) is 2.17. The average molecular weight is 163 g/mol. The number of rotatable bonds is 1. The summed E-state index contributed by atoms with van der Waals surface area (Å²) in [5.74, 6) is 4.84. The normalized spacial score (nSPS) is 11.5. The lowest BCUT2D eigenvalue weighted by atomic mass is 10.2. The summed E-state index contributed by atoms with van der Waals surface area (Å²) in [6.45, 7) is -0.239. The summed E-state index contributed by atoms with van der Waals surface area (Å²) >= 11 is 0. The first kappa shape index (κ1) is 8.72. The summed E-state index contributed by atoms with van der Waals surface area (Å²) in [5.41, 5.74) is 0.637. The van der Waals surface area contributed by atoms with Gasteiger partial charge in [-0.05, 0) is 6.07 Å². The first-order valence-corrected chi connectivity index (χ1v) is 3.52. The zero-order valence-corrected chi connectivity index (χ0v) is 6.44. The predicted octanol–water partition coefficient (Wildman–Crippen LogP) is 0.111. The van der Waals surface area contributed by atoms with Crippen LogP contribution in [0.1, 0.15) is 11.7 Å². The van der Waals surface area contributed by atoms with Crippen molar-refractivity contribution < 1.29 is 10.2 Å². The molecule has 1 heterocycles. The second kappa shape index (κ2) is 4.50. The number of pyridine rings is 1. The molecule has 3 heteroatoms. The van der Waals surface area contributed by atoms with Crippen molar-refractivity contribution in [2.24, 2.45) is 0 Å². The summed E-state index contributed by atoms with van der Waals surface area (Å²) in [6.07, 6.45) is 2.30. The maximum absolute atomic E-state index is 9.33. The number of aliphatic hydroxyl groups excluding tert-OH is 2. The van der Waals surface area contributed by atoms with Crippen LogP contribution >= 0.6 is 0 Å². The third kappa shape index (κ3) is 2.35. The molecule has 0 saturated carbocycles. The number of hydrogen-bond acceptors (Lipinski definition) is 3. The molecule has 1 aromatic rings. The molecule has 0 radical (unpaired) electrons. The molecule has 3 nitrogen and oxygen atoms in total. The molecular formula is C9H9NO2. The smallest absolute Gasteiger partial charge is 0.141 e. The molecule has 0 spiro atoms. The fraction of sp³-hybridized carbons (Fsp3) is 0.222. The van der Waals surface area contributed by atoms with Crippen molar-refractivity contribution in [3.63, 3.8) is 0 Å². The molecule has 0 bridgehead atoms. The van der Waals surface area contributed by atoms with Gasteiger partial charge in [0, 0.05) is 18.0 Å². The molecule has 1 unspecified atom stereocenters. The van der Waals surface area contributed by atoms with E-state index in [4.69, 9.17) is 5.11 Å². The molecule has 12 heavy (non-hydrogen) atoms. The van der Waals surface area contributed by atoms with Gasteiger partial charge in [-0.2, -0.15) is 0 Å². The highest BCUT2D eigenvalue weighted by Gasteiger charge is 2.00. The highest BCUT2D eigenvalue weighted by molar-refractivity contribution is 5.21. The Morgan fingerprint density at radius 3 is 3.00 bits per heavy atom. The fourth-order valence-corrected chi connectivity index (χ4v) is 0.763. The Morgan fingerprint density at radius 2 is 2.42 bits per heavy atom. The van der Waals surface area contributed by atoms with E-state index in [1.807, 2.05) is 0 Å². The second-order valence-electron chi connectivity index (χ2n) is 2.17. The molecule has 0 aliphatic carbocycles. The highest BCUT2D eigenvalue weighted by Crippen LogP contribution is 2.08. The Bertz CT molecular complexity index is 286. The Morgan fingerprint density at radius 1 is 1.58 bits per heavy atom. The van der Waals surface area contributed by atoms with E-state index in [0.717, 1.165) is 0 Å². The van der Waals surface area contributed by atoms with Gasteiger partial charge >= 0.3 is 0 Å². The fourth-order valence-electron chi connectivity index (χ4n) is 0.763. The predicted molar refractivity (Wildman–Crippen MR) is 44.1 cm³/mol. The molecule has 0 amide bonds. The summed E-state index contributed by atoms with van der Waals surface area (Å²) < 4.78 is 0. The maximum Gasteiger partial charge on any atom is 0.141 e. The lowest BCUT2D eigenvalue weighted by Crippen LogP contribution is -1.94. The zero-order valence-electron chi connectivity index (χ0n) is 6.44. The minimum Gasteiger partial charge on any atom is -0.384 e. The van der Waals surface area contributed by atoms with Crippen molar-refractivity contribution in [1.29, 1.82) is 0 Å². The van der Waals surface area contributed by atoms with E-state index in [9.17, 15) is 5.11 Å². The van der Waals surface area contributed by atoms with Gasteiger partial charge < -0.3 is 10.2 Å². The number of nitrogens with zero attached hydrogens (tertiary/aromatic N) is 1. The third-order valence-electron chi connectivity index (χ3n) is 1.32. The van der Waals surface area contributed by atoms with Gasteiger partial charge in [0.05, 0.1) is 0 Å². The molecule has 2 N–H and O–H groups in total. The van der Waals surface area contributed by atoms with E-state index in [1.165, 1.54) is 6.20 Å². The SMILES string of the molecule is OCC#CC(O)c1cccnc1. The van der Waals surface area contributed by atoms with Crippen molar-refractivity contribution in [1.82, 2.24) is 4.98 Å². The van der Waals surface area contributed by atoms with E-state index < -0.39 is 6.10 Å². The Balaban J connectivity index is 2.72. The number of aromatic nitrogens is 1. The largest absolute Gasteiger partial charge is 0.384 e. The van der Waals surface area contributed by atoms with Crippen molar-refractivity contribution in [3.05, 3.63) is 30.1 Å². The monoisotopic (exact) mass is 163 g/mol. The van der Waals surface area contributed by atoms with Crippen LogP contribution in [0.25, 0.3) is 0 Å². The molecule has 0 aliphatic heterocycles. The number of hydrogen-bond donors (Lipinski definition) is 2. The van der Waals surface area contributed by atoms with E-state index in [0.29, 0.717) is 5.56 Å². The Hall–Kier alpha value is -1.37. The van der Waals surface area contributed by atoms with Gasteiger partial charge in [0.1, 0.15) is 12.7 Å². The Kier molecular flexibility index (Phi) is 3.27. The van der Waals surface area contributed by atoms with Crippen LogP contribution in [-0.4, -0.2) is 21.8 Å². The molecule has 1 aromatic heterocycles. The standard InChI is InChI=1S/C9H9NO2/c11-6-2-4-9(12)8-3-1-5-10-7-8/h1,3,5,7,9,11-12H,6H2. The highest BCUT2D eigenvalue weighted by atomic mass is 16.3. The van der Waals surface area contributed by atoms with Crippen LogP contribution < -0.4 is 0 Å². The quantitative estimate of drug-likeness (QED) is 0.578. The molecule has 0 fully saturated rings. The summed E-state index contributed by atoms with van der Waals surface area (Å²) in [4.78, 5) is 3.82. The molecular weight excluding hydrogens is 154 g/mol. The topological polar surface area (TPSA) is 53.4 Å². The summed E-state index contributed by atoms with van der Waals surface area (Å²) in [6, 6.07) is 3.45. The minimum atomic E-state index is -0.856. The van der Waals surface area contributed by atoms with E-state index in [-0.39, 0.29) is 6.61 Å². The molecule has 0 aliphatic rings. The van der Waals surface area contributed by atoms with Crippen molar-refractivity contribution in [2.75, 3.05) is 6.61 Å². The molecule has 0 saturated heterocycles. The first-order valence-electron chi connectivity index (χ1n) is 3.52. The first-order chi connectivity index (χ1) is 5.84. The van der Waals surface area contributed by atoms with Crippen molar-refractivity contribution in [2.45, 2.75) is 6.10 Å². The lowest BCUT2D eigenvalue weighted by Gasteiger charge is -2.00. The van der Waals surface area contributed by atoms with Crippen LogP contribution in [0, 0.1) is 11.8 Å². The van der Waals surface area contributed by atoms with Gasteiger partial charge in [0.2, 0.25) is 0 Å². The van der Waals surface area contributed by atoms with Gasteiger partial charge in [0.25, 0.3) is 0 Å². The summed E-state index contributed by atoms with van der Waals surface area (Å²) in [7, 11) is 0. The van der Waals surface area contributed by atoms with Gasteiger partial charge in [-0.1, -0.05) is 17.9 Å². The molecule has 62 valence electrons. The van der Waals surface area contributed by atoms with E-state index in [1.54, 1.807) is 18.3 Å². The third-order valence-corrected chi connectivity index (χ3v) is 1.32. The van der Waals surface area contributed by atoms with Crippen LogP contribution in [0.4, 0.5) is 0 Å². The van der Waals surface area contributed by atoms with Crippen LogP contribution in [-0.2, 0) is 0 Å². The van der Waals surface area contributed by atoms with Crippen LogP contribution in [0.5, 0.6) is 0 Å². The summed E-state index contributed by atoms with van der Waals surface area (Å²) in [5, 5.41) is 17.7. The van der Waals surface area contributed by atoms with Gasteiger partial charge in [-0.25, -0.2) is 0 Å². The van der Waals surface area contributed by atoms with Crippen LogP contribution in [0.3, 0.4) is 0 Å².